The number of ether oxygens (including phenoxy) is 3. The Morgan fingerprint density at radius 3 is 2.27 bits per heavy atom. The van der Waals surface area contributed by atoms with E-state index in [0.717, 1.165) is 0 Å². The number of rotatable bonds is 4. The van der Waals surface area contributed by atoms with E-state index in [1.54, 1.807) is 25.1 Å². The lowest BCUT2D eigenvalue weighted by atomic mass is 10.2. The summed E-state index contributed by atoms with van der Waals surface area (Å²) >= 11 is 0. The lowest BCUT2D eigenvalue weighted by molar-refractivity contribution is -0.144. The van der Waals surface area contributed by atoms with Crippen LogP contribution in [0.3, 0.4) is 0 Å². The van der Waals surface area contributed by atoms with Crippen molar-refractivity contribution in [3.05, 3.63) is 18.2 Å². The predicted octanol–water partition coefficient (Wildman–Crippen LogP) is 0.943. The Balaban J connectivity index is 1.94. The SMILES string of the molecule is CCOC(=O)N1CCN(C(=O)C(=O)Nc2ccc(OC)cc2OC)CC1. The molecular weight excluding hydrogens is 342 g/mol. The molecule has 0 bridgehead atoms. The van der Waals surface area contributed by atoms with Crippen LogP contribution in [0.4, 0.5) is 10.5 Å². The maximum Gasteiger partial charge on any atom is 0.409 e. The van der Waals surface area contributed by atoms with Crippen LogP contribution in [0.1, 0.15) is 6.92 Å². The molecule has 3 amide bonds. The first-order valence-electron chi connectivity index (χ1n) is 8.24. The van der Waals surface area contributed by atoms with E-state index < -0.39 is 17.9 Å². The molecule has 1 aliphatic rings. The van der Waals surface area contributed by atoms with Crippen molar-refractivity contribution in [1.29, 1.82) is 0 Å². The van der Waals surface area contributed by atoms with Crippen LogP contribution in [0.2, 0.25) is 0 Å². The molecule has 1 N–H and O–H groups in total. The molecule has 9 heteroatoms. The highest BCUT2D eigenvalue weighted by Crippen LogP contribution is 2.29. The third-order valence-corrected chi connectivity index (χ3v) is 3.94. The fraction of sp³-hybridized carbons (Fsp3) is 0.471. The van der Waals surface area contributed by atoms with Crippen molar-refractivity contribution in [2.75, 3.05) is 52.3 Å². The van der Waals surface area contributed by atoms with Crippen molar-refractivity contribution in [2.45, 2.75) is 6.92 Å². The quantitative estimate of drug-likeness (QED) is 0.798. The fourth-order valence-electron chi connectivity index (χ4n) is 2.53. The van der Waals surface area contributed by atoms with E-state index in [1.165, 1.54) is 24.0 Å². The zero-order chi connectivity index (χ0) is 19.1. The van der Waals surface area contributed by atoms with Gasteiger partial charge in [-0.1, -0.05) is 0 Å². The summed E-state index contributed by atoms with van der Waals surface area (Å²) in [4.78, 5) is 39.2. The number of hydrogen-bond acceptors (Lipinski definition) is 6. The number of amides is 3. The second-order valence-corrected chi connectivity index (χ2v) is 5.50. The molecular formula is C17H23N3O6. The minimum atomic E-state index is -0.766. The third-order valence-electron chi connectivity index (χ3n) is 3.94. The van der Waals surface area contributed by atoms with E-state index in [1.807, 2.05) is 0 Å². The van der Waals surface area contributed by atoms with Crippen LogP contribution in [0.5, 0.6) is 11.5 Å². The molecule has 0 radical (unpaired) electrons. The Labute approximate surface area is 151 Å². The van der Waals surface area contributed by atoms with Crippen LogP contribution in [0.15, 0.2) is 18.2 Å². The Bertz CT molecular complexity index is 670. The number of carbonyl (C=O) groups is 3. The molecule has 1 aromatic rings. The number of carbonyl (C=O) groups excluding carboxylic acids is 3. The van der Waals surface area contributed by atoms with Crippen molar-refractivity contribution in [3.63, 3.8) is 0 Å². The Hall–Kier alpha value is -2.97. The average Bonchev–Trinajstić information content (AvgIpc) is 2.67. The Morgan fingerprint density at radius 1 is 1.04 bits per heavy atom. The number of methoxy groups -OCH3 is 2. The van der Waals surface area contributed by atoms with Crippen LogP contribution >= 0.6 is 0 Å². The second-order valence-electron chi connectivity index (χ2n) is 5.50. The monoisotopic (exact) mass is 365 g/mol. The van der Waals surface area contributed by atoms with Crippen molar-refractivity contribution in [3.8, 4) is 11.5 Å². The minimum Gasteiger partial charge on any atom is -0.497 e. The number of benzene rings is 1. The summed E-state index contributed by atoms with van der Waals surface area (Å²) in [5.41, 5.74) is 0.372. The molecule has 1 aliphatic heterocycles. The topological polar surface area (TPSA) is 97.4 Å². The van der Waals surface area contributed by atoms with Gasteiger partial charge in [-0.05, 0) is 19.1 Å². The Morgan fingerprint density at radius 2 is 1.69 bits per heavy atom. The largest absolute Gasteiger partial charge is 0.497 e. The Kier molecular flexibility index (Phi) is 6.65. The average molecular weight is 365 g/mol. The van der Waals surface area contributed by atoms with Gasteiger partial charge in [-0.2, -0.15) is 0 Å². The molecule has 0 atom stereocenters. The van der Waals surface area contributed by atoms with Crippen molar-refractivity contribution in [1.82, 2.24) is 9.80 Å². The summed E-state index contributed by atoms with van der Waals surface area (Å²) < 4.78 is 15.2. The van der Waals surface area contributed by atoms with Crippen molar-refractivity contribution < 1.29 is 28.6 Å². The van der Waals surface area contributed by atoms with E-state index in [-0.39, 0.29) is 13.1 Å². The molecule has 1 heterocycles. The summed E-state index contributed by atoms with van der Waals surface area (Å²) in [6, 6.07) is 4.86. The van der Waals surface area contributed by atoms with Gasteiger partial charge in [-0.3, -0.25) is 9.59 Å². The van der Waals surface area contributed by atoms with Gasteiger partial charge in [0, 0.05) is 32.2 Å². The van der Waals surface area contributed by atoms with Gasteiger partial charge in [-0.25, -0.2) is 4.79 Å². The van der Waals surface area contributed by atoms with Crippen molar-refractivity contribution >= 4 is 23.6 Å². The number of anilines is 1. The van der Waals surface area contributed by atoms with E-state index in [2.05, 4.69) is 5.32 Å². The van der Waals surface area contributed by atoms with Gasteiger partial charge in [-0.15, -0.1) is 0 Å². The minimum absolute atomic E-state index is 0.269. The standard InChI is InChI=1S/C17H23N3O6/c1-4-26-17(23)20-9-7-19(8-10-20)16(22)15(21)18-13-6-5-12(24-2)11-14(13)25-3/h5-6,11H,4,7-10H2,1-3H3,(H,18,21). The van der Waals surface area contributed by atoms with Gasteiger partial charge in [0.2, 0.25) is 0 Å². The maximum absolute atomic E-state index is 12.3. The molecule has 26 heavy (non-hydrogen) atoms. The predicted molar refractivity (Wildman–Crippen MR) is 93.4 cm³/mol. The third kappa shape index (κ3) is 4.56. The highest BCUT2D eigenvalue weighted by Gasteiger charge is 2.28. The zero-order valence-corrected chi connectivity index (χ0v) is 15.1. The van der Waals surface area contributed by atoms with Crippen LogP contribution in [0.25, 0.3) is 0 Å². The van der Waals surface area contributed by atoms with Crippen LogP contribution < -0.4 is 14.8 Å². The maximum atomic E-state index is 12.3. The van der Waals surface area contributed by atoms with E-state index in [4.69, 9.17) is 14.2 Å². The van der Waals surface area contributed by atoms with Crippen molar-refractivity contribution in [2.24, 2.45) is 0 Å². The summed E-state index contributed by atoms with van der Waals surface area (Å²) in [6.07, 6.45) is -0.410. The first-order valence-corrected chi connectivity index (χ1v) is 8.24. The number of piperazine rings is 1. The molecule has 1 aromatic carbocycles. The summed E-state index contributed by atoms with van der Waals surface area (Å²) in [5.74, 6) is -0.469. The number of nitrogens with one attached hydrogen (secondary N) is 1. The molecule has 9 nitrogen and oxygen atoms in total. The van der Waals surface area contributed by atoms with Gasteiger partial charge < -0.3 is 29.3 Å². The highest BCUT2D eigenvalue weighted by atomic mass is 16.6. The van der Waals surface area contributed by atoms with Gasteiger partial charge in [0.25, 0.3) is 0 Å². The zero-order valence-electron chi connectivity index (χ0n) is 15.1. The molecule has 0 unspecified atom stereocenters. The summed E-state index contributed by atoms with van der Waals surface area (Å²) in [7, 11) is 2.98. The molecule has 0 aromatic heterocycles. The second kappa shape index (κ2) is 8.93. The van der Waals surface area contributed by atoms with Gasteiger partial charge in [0.05, 0.1) is 26.5 Å². The number of hydrogen-bond donors (Lipinski definition) is 1. The van der Waals surface area contributed by atoms with E-state index >= 15 is 0 Å². The van der Waals surface area contributed by atoms with E-state index in [9.17, 15) is 14.4 Å². The van der Waals surface area contributed by atoms with Gasteiger partial charge in [0.15, 0.2) is 0 Å². The van der Waals surface area contributed by atoms with Crippen LogP contribution in [0, 0.1) is 0 Å². The first kappa shape index (κ1) is 19.4. The van der Waals surface area contributed by atoms with Gasteiger partial charge >= 0.3 is 17.9 Å². The smallest absolute Gasteiger partial charge is 0.409 e. The molecule has 1 saturated heterocycles. The molecule has 0 spiro atoms. The van der Waals surface area contributed by atoms with E-state index in [0.29, 0.717) is 36.9 Å². The number of nitrogens with zero attached hydrogens (tertiary/aromatic N) is 2. The lowest BCUT2D eigenvalue weighted by Crippen LogP contribution is -2.53. The first-order chi connectivity index (χ1) is 12.5. The summed E-state index contributed by atoms with van der Waals surface area (Å²) in [5, 5.41) is 2.55. The normalized spacial score (nSPS) is 13.8. The van der Waals surface area contributed by atoms with Gasteiger partial charge in [0.1, 0.15) is 11.5 Å². The fourth-order valence-corrected chi connectivity index (χ4v) is 2.53. The molecule has 2 rings (SSSR count). The summed E-state index contributed by atoms with van der Waals surface area (Å²) in [6.45, 7) is 3.21. The van der Waals surface area contributed by atoms with Crippen LogP contribution in [-0.2, 0) is 14.3 Å². The molecule has 0 aliphatic carbocycles. The highest BCUT2D eigenvalue weighted by molar-refractivity contribution is 6.39. The van der Waals surface area contributed by atoms with Crippen LogP contribution in [-0.4, -0.2) is 74.7 Å². The molecule has 1 fully saturated rings. The lowest BCUT2D eigenvalue weighted by Gasteiger charge is -2.33. The molecule has 142 valence electrons. The molecule has 0 saturated carbocycles.